The largest absolute Gasteiger partial charge is 0.463 e. The van der Waals surface area contributed by atoms with E-state index in [0.29, 0.717) is 0 Å². The molecule has 0 atom stereocenters. The van der Waals surface area contributed by atoms with Gasteiger partial charge in [-0.1, -0.05) is 19.1 Å². The highest BCUT2D eigenvalue weighted by Crippen LogP contribution is 2.16. The molecule has 0 aromatic carbocycles. The molecule has 1 heterocycles. The van der Waals surface area contributed by atoms with Crippen molar-refractivity contribution in [3.63, 3.8) is 0 Å². The average molecular weight is 236 g/mol. The Hall–Kier alpha value is -1.06. The molecule has 0 unspecified atom stereocenters. The number of nitrogens with zero attached hydrogens (tertiary/aromatic N) is 1. The Labute approximate surface area is 104 Å². The molecule has 96 valence electrons. The first-order valence-corrected chi connectivity index (χ1v) is 6.14. The summed E-state index contributed by atoms with van der Waals surface area (Å²) in [6.07, 6.45) is 0. The third-order valence-corrected chi connectivity index (χ3v) is 2.57. The molecule has 0 aliphatic carbocycles. The SMILES string of the molecule is C=C(C)CN(C)Cc1cc(C)c(CNCC)o1. The fraction of sp³-hybridized carbons (Fsp3) is 0.571. The van der Waals surface area contributed by atoms with Crippen molar-refractivity contribution in [2.45, 2.75) is 33.9 Å². The van der Waals surface area contributed by atoms with Gasteiger partial charge in [-0.05, 0) is 39.1 Å². The number of rotatable bonds is 7. The van der Waals surface area contributed by atoms with Crippen LogP contribution in [0.4, 0.5) is 0 Å². The van der Waals surface area contributed by atoms with Gasteiger partial charge in [0.25, 0.3) is 0 Å². The minimum absolute atomic E-state index is 0.812. The molecule has 1 rings (SSSR count). The van der Waals surface area contributed by atoms with E-state index in [-0.39, 0.29) is 0 Å². The normalized spacial score (nSPS) is 11.1. The van der Waals surface area contributed by atoms with Crippen LogP contribution in [0.15, 0.2) is 22.6 Å². The summed E-state index contributed by atoms with van der Waals surface area (Å²) >= 11 is 0. The van der Waals surface area contributed by atoms with Gasteiger partial charge in [-0.3, -0.25) is 4.90 Å². The summed E-state index contributed by atoms with van der Waals surface area (Å²) in [6.45, 7) is 13.7. The topological polar surface area (TPSA) is 28.4 Å². The van der Waals surface area contributed by atoms with Gasteiger partial charge in [-0.25, -0.2) is 0 Å². The molecule has 0 saturated heterocycles. The van der Waals surface area contributed by atoms with E-state index >= 15 is 0 Å². The maximum atomic E-state index is 5.83. The van der Waals surface area contributed by atoms with E-state index in [9.17, 15) is 0 Å². The van der Waals surface area contributed by atoms with Crippen LogP contribution in [0.5, 0.6) is 0 Å². The second kappa shape index (κ2) is 6.62. The van der Waals surface area contributed by atoms with Gasteiger partial charge in [0, 0.05) is 6.54 Å². The molecule has 3 heteroatoms. The second-order valence-corrected chi connectivity index (χ2v) is 4.73. The Morgan fingerprint density at radius 2 is 2.24 bits per heavy atom. The summed E-state index contributed by atoms with van der Waals surface area (Å²) in [5.74, 6) is 2.07. The Balaban J connectivity index is 2.57. The van der Waals surface area contributed by atoms with Crippen molar-refractivity contribution >= 4 is 0 Å². The molecule has 1 N–H and O–H groups in total. The van der Waals surface area contributed by atoms with Gasteiger partial charge in [0.15, 0.2) is 0 Å². The summed E-state index contributed by atoms with van der Waals surface area (Å²) in [7, 11) is 2.08. The summed E-state index contributed by atoms with van der Waals surface area (Å²) in [5, 5.41) is 3.28. The van der Waals surface area contributed by atoms with Crippen molar-refractivity contribution in [1.82, 2.24) is 10.2 Å². The zero-order valence-corrected chi connectivity index (χ0v) is 11.5. The van der Waals surface area contributed by atoms with Crippen LogP contribution in [0.1, 0.15) is 30.9 Å². The molecule has 0 fully saturated rings. The Kier molecular flexibility index (Phi) is 5.45. The summed E-state index contributed by atoms with van der Waals surface area (Å²) in [6, 6.07) is 2.13. The third-order valence-electron chi connectivity index (χ3n) is 2.57. The summed E-state index contributed by atoms with van der Waals surface area (Å²) < 4.78 is 5.83. The molecule has 0 amide bonds. The molecule has 0 spiro atoms. The number of furan rings is 1. The molecule has 1 aromatic heterocycles. The second-order valence-electron chi connectivity index (χ2n) is 4.73. The van der Waals surface area contributed by atoms with Crippen LogP contribution >= 0.6 is 0 Å². The van der Waals surface area contributed by atoms with E-state index < -0.39 is 0 Å². The monoisotopic (exact) mass is 236 g/mol. The third kappa shape index (κ3) is 4.75. The van der Waals surface area contributed by atoms with Gasteiger partial charge in [0.1, 0.15) is 11.5 Å². The molecule has 0 aliphatic rings. The van der Waals surface area contributed by atoms with E-state index in [4.69, 9.17) is 4.42 Å². The van der Waals surface area contributed by atoms with Gasteiger partial charge in [0.05, 0.1) is 13.1 Å². The number of nitrogens with one attached hydrogen (secondary N) is 1. The van der Waals surface area contributed by atoms with E-state index in [0.717, 1.165) is 37.7 Å². The Bertz CT molecular complexity index is 368. The molecular weight excluding hydrogens is 212 g/mol. The van der Waals surface area contributed by atoms with E-state index in [1.54, 1.807) is 0 Å². The highest BCUT2D eigenvalue weighted by molar-refractivity contribution is 5.20. The summed E-state index contributed by atoms with van der Waals surface area (Å²) in [4.78, 5) is 2.21. The summed E-state index contributed by atoms with van der Waals surface area (Å²) in [5.41, 5.74) is 2.40. The fourth-order valence-corrected chi connectivity index (χ4v) is 1.86. The lowest BCUT2D eigenvalue weighted by Crippen LogP contribution is -2.19. The number of likely N-dealkylation sites (N-methyl/N-ethyl adjacent to an activating group) is 1. The lowest BCUT2D eigenvalue weighted by Gasteiger charge is -2.14. The van der Waals surface area contributed by atoms with Crippen LogP contribution in [0.3, 0.4) is 0 Å². The van der Waals surface area contributed by atoms with Crippen molar-refractivity contribution in [3.8, 4) is 0 Å². The van der Waals surface area contributed by atoms with E-state index in [1.165, 1.54) is 11.1 Å². The quantitative estimate of drug-likeness (QED) is 0.738. The minimum atomic E-state index is 0.812. The Morgan fingerprint density at radius 1 is 1.53 bits per heavy atom. The standard InChI is InChI=1S/C14H24N2O/c1-6-15-8-14-12(4)7-13(17-14)10-16(5)9-11(2)3/h7,15H,2,6,8-10H2,1,3-5H3. The van der Waals surface area contributed by atoms with Gasteiger partial charge in [0.2, 0.25) is 0 Å². The van der Waals surface area contributed by atoms with E-state index in [1.807, 2.05) is 6.92 Å². The van der Waals surface area contributed by atoms with Gasteiger partial charge >= 0.3 is 0 Å². The first kappa shape index (κ1) is 14.0. The predicted molar refractivity (Wildman–Crippen MR) is 72.0 cm³/mol. The predicted octanol–water partition coefficient (Wildman–Crippen LogP) is 2.71. The molecule has 1 aromatic rings. The fourth-order valence-electron chi connectivity index (χ4n) is 1.86. The molecule has 0 aliphatic heterocycles. The van der Waals surface area contributed by atoms with Crippen LogP contribution < -0.4 is 5.32 Å². The molecule has 17 heavy (non-hydrogen) atoms. The average Bonchev–Trinajstić information content (AvgIpc) is 2.54. The highest BCUT2D eigenvalue weighted by Gasteiger charge is 2.09. The van der Waals surface area contributed by atoms with E-state index in [2.05, 4.69) is 43.8 Å². The van der Waals surface area contributed by atoms with Crippen LogP contribution in [-0.2, 0) is 13.1 Å². The zero-order valence-electron chi connectivity index (χ0n) is 11.5. The molecule has 0 bridgehead atoms. The molecule has 3 nitrogen and oxygen atoms in total. The van der Waals surface area contributed by atoms with Crippen molar-refractivity contribution in [1.29, 1.82) is 0 Å². The molecule has 0 radical (unpaired) electrons. The highest BCUT2D eigenvalue weighted by atomic mass is 16.3. The smallest absolute Gasteiger partial charge is 0.120 e. The zero-order chi connectivity index (χ0) is 12.8. The number of hydrogen-bond acceptors (Lipinski definition) is 3. The van der Waals surface area contributed by atoms with Crippen LogP contribution in [0.2, 0.25) is 0 Å². The maximum absolute atomic E-state index is 5.83. The van der Waals surface area contributed by atoms with Crippen LogP contribution in [0, 0.1) is 6.92 Å². The van der Waals surface area contributed by atoms with Gasteiger partial charge in [-0.15, -0.1) is 0 Å². The van der Waals surface area contributed by atoms with Crippen molar-refractivity contribution in [2.75, 3.05) is 20.1 Å². The van der Waals surface area contributed by atoms with Crippen molar-refractivity contribution in [2.24, 2.45) is 0 Å². The minimum Gasteiger partial charge on any atom is -0.463 e. The van der Waals surface area contributed by atoms with Crippen molar-refractivity contribution in [3.05, 3.63) is 35.3 Å². The Morgan fingerprint density at radius 3 is 2.82 bits per heavy atom. The lowest BCUT2D eigenvalue weighted by atomic mass is 10.2. The number of hydrogen-bond donors (Lipinski definition) is 1. The first-order valence-electron chi connectivity index (χ1n) is 6.14. The van der Waals surface area contributed by atoms with Gasteiger partial charge < -0.3 is 9.73 Å². The lowest BCUT2D eigenvalue weighted by molar-refractivity contribution is 0.309. The maximum Gasteiger partial charge on any atom is 0.120 e. The van der Waals surface area contributed by atoms with Gasteiger partial charge in [-0.2, -0.15) is 0 Å². The first-order chi connectivity index (χ1) is 8.02. The number of aryl methyl sites for hydroxylation is 1. The van der Waals surface area contributed by atoms with Crippen LogP contribution in [-0.4, -0.2) is 25.0 Å². The molecule has 0 saturated carbocycles. The van der Waals surface area contributed by atoms with Crippen molar-refractivity contribution < 1.29 is 4.42 Å². The molecular formula is C14H24N2O. The van der Waals surface area contributed by atoms with Crippen LogP contribution in [0.25, 0.3) is 0 Å².